The fourth-order valence-electron chi connectivity index (χ4n) is 2.52. The molecule has 0 saturated heterocycles. The van der Waals surface area contributed by atoms with Gasteiger partial charge in [-0.1, -0.05) is 18.2 Å². The molecule has 0 fully saturated rings. The molecule has 1 N–H and O–H groups in total. The van der Waals surface area contributed by atoms with Gasteiger partial charge in [-0.3, -0.25) is 4.79 Å². The van der Waals surface area contributed by atoms with Crippen molar-refractivity contribution < 1.29 is 18.7 Å². The first-order chi connectivity index (χ1) is 11.5. The summed E-state index contributed by atoms with van der Waals surface area (Å²) in [6.07, 6.45) is 0.592. The standard InChI is InChI=1S/C19H22FNO3/c1-13(16-10-9-15(23-2)12-18(16)24-3)21-19(22)11-8-14-6-4-5-7-17(14)20/h4-7,9-10,12-13H,8,11H2,1-3H3,(H,21,22). The topological polar surface area (TPSA) is 47.6 Å². The van der Waals surface area contributed by atoms with Crippen molar-refractivity contribution >= 4 is 5.91 Å². The SMILES string of the molecule is COc1ccc(C(C)NC(=O)CCc2ccccc2F)c(OC)c1. The van der Waals surface area contributed by atoms with Crippen LogP contribution in [0.25, 0.3) is 0 Å². The molecule has 2 rings (SSSR count). The highest BCUT2D eigenvalue weighted by Gasteiger charge is 2.15. The Bertz CT molecular complexity index is 703. The van der Waals surface area contributed by atoms with Crippen molar-refractivity contribution in [3.8, 4) is 11.5 Å². The number of carbonyl (C=O) groups excluding carboxylic acids is 1. The molecule has 0 aromatic heterocycles. The molecule has 0 aliphatic heterocycles. The van der Waals surface area contributed by atoms with Crippen LogP contribution in [0.2, 0.25) is 0 Å². The predicted octanol–water partition coefficient (Wildman–Crippen LogP) is 3.65. The first-order valence-corrected chi connectivity index (χ1v) is 7.80. The smallest absolute Gasteiger partial charge is 0.220 e. The minimum Gasteiger partial charge on any atom is -0.497 e. The number of ether oxygens (including phenoxy) is 2. The van der Waals surface area contributed by atoms with Gasteiger partial charge in [0.15, 0.2) is 0 Å². The van der Waals surface area contributed by atoms with Gasteiger partial charge in [-0.15, -0.1) is 0 Å². The van der Waals surface area contributed by atoms with Crippen molar-refractivity contribution in [2.24, 2.45) is 0 Å². The lowest BCUT2D eigenvalue weighted by molar-refractivity contribution is -0.121. The van der Waals surface area contributed by atoms with E-state index < -0.39 is 0 Å². The normalized spacial score (nSPS) is 11.7. The molecular formula is C19H22FNO3. The van der Waals surface area contributed by atoms with Crippen molar-refractivity contribution in [3.63, 3.8) is 0 Å². The second-order valence-electron chi connectivity index (χ2n) is 5.49. The van der Waals surface area contributed by atoms with Gasteiger partial charge in [-0.05, 0) is 37.1 Å². The van der Waals surface area contributed by atoms with Gasteiger partial charge in [0.25, 0.3) is 0 Å². The fraction of sp³-hybridized carbons (Fsp3) is 0.316. The highest BCUT2D eigenvalue weighted by molar-refractivity contribution is 5.76. The number of amides is 1. The maximum absolute atomic E-state index is 13.6. The zero-order valence-corrected chi connectivity index (χ0v) is 14.1. The summed E-state index contributed by atoms with van der Waals surface area (Å²) in [5, 5.41) is 2.92. The minimum absolute atomic E-state index is 0.136. The quantitative estimate of drug-likeness (QED) is 0.842. The largest absolute Gasteiger partial charge is 0.497 e. The lowest BCUT2D eigenvalue weighted by Crippen LogP contribution is -2.27. The van der Waals surface area contributed by atoms with Crippen molar-refractivity contribution in [1.82, 2.24) is 5.32 Å². The lowest BCUT2D eigenvalue weighted by Gasteiger charge is -2.18. The first-order valence-electron chi connectivity index (χ1n) is 7.80. The van der Waals surface area contributed by atoms with Crippen LogP contribution < -0.4 is 14.8 Å². The average Bonchev–Trinajstić information content (AvgIpc) is 2.60. The van der Waals surface area contributed by atoms with E-state index in [0.717, 1.165) is 5.56 Å². The van der Waals surface area contributed by atoms with E-state index in [9.17, 15) is 9.18 Å². The van der Waals surface area contributed by atoms with E-state index in [-0.39, 0.29) is 24.2 Å². The molecule has 1 atom stereocenters. The van der Waals surface area contributed by atoms with Gasteiger partial charge < -0.3 is 14.8 Å². The summed E-state index contributed by atoms with van der Waals surface area (Å²) >= 11 is 0. The summed E-state index contributed by atoms with van der Waals surface area (Å²) in [4.78, 5) is 12.1. The maximum Gasteiger partial charge on any atom is 0.220 e. The predicted molar refractivity (Wildman–Crippen MR) is 90.8 cm³/mol. The Morgan fingerprint density at radius 1 is 1.17 bits per heavy atom. The Hall–Kier alpha value is -2.56. The Kier molecular flexibility index (Phi) is 6.18. The molecule has 24 heavy (non-hydrogen) atoms. The molecule has 1 amide bonds. The fourth-order valence-corrected chi connectivity index (χ4v) is 2.52. The van der Waals surface area contributed by atoms with Crippen LogP contribution in [0.3, 0.4) is 0 Å². The second-order valence-corrected chi connectivity index (χ2v) is 5.49. The Labute approximate surface area is 141 Å². The van der Waals surface area contributed by atoms with Crippen LogP contribution in [-0.4, -0.2) is 20.1 Å². The van der Waals surface area contributed by atoms with Crippen LogP contribution in [0.1, 0.15) is 30.5 Å². The molecule has 2 aromatic rings. The first kappa shape index (κ1) is 17.8. The monoisotopic (exact) mass is 331 g/mol. The third kappa shape index (κ3) is 4.47. The average molecular weight is 331 g/mol. The molecule has 4 nitrogen and oxygen atoms in total. The van der Waals surface area contributed by atoms with Crippen molar-refractivity contribution in [3.05, 3.63) is 59.4 Å². The molecule has 0 aliphatic rings. The second kappa shape index (κ2) is 8.34. The number of nitrogens with one attached hydrogen (secondary N) is 1. The summed E-state index contributed by atoms with van der Waals surface area (Å²) in [5.41, 5.74) is 1.40. The van der Waals surface area contributed by atoms with Gasteiger partial charge in [0.2, 0.25) is 5.91 Å². The third-order valence-corrected chi connectivity index (χ3v) is 3.86. The number of hydrogen-bond acceptors (Lipinski definition) is 3. The molecule has 0 saturated carbocycles. The molecule has 2 aromatic carbocycles. The van der Waals surface area contributed by atoms with E-state index in [1.165, 1.54) is 6.07 Å². The molecule has 0 heterocycles. The van der Waals surface area contributed by atoms with Gasteiger partial charge in [0, 0.05) is 18.1 Å². The molecule has 1 unspecified atom stereocenters. The van der Waals surface area contributed by atoms with Crippen LogP contribution in [0.4, 0.5) is 4.39 Å². The number of hydrogen-bond donors (Lipinski definition) is 1. The third-order valence-electron chi connectivity index (χ3n) is 3.86. The van der Waals surface area contributed by atoms with Gasteiger partial charge in [0.05, 0.1) is 20.3 Å². The summed E-state index contributed by atoms with van der Waals surface area (Å²) < 4.78 is 24.1. The number of aryl methyl sites for hydroxylation is 1. The Morgan fingerprint density at radius 2 is 1.92 bits per heavy atom. The molecule has 5 heteroatoms. The number of rotatable bonds is 7. The van der Waals surface area contributed by atoms with Crippen LogP contribution in [0.15, 0.2) is 42.5 Å². The Morgan fingerprint density at radius 3 is 2.58 bits per heavy atom. The van der Waals surface area contributed by atoms with E-state index in [2.05, 4.69) is 5.32 Å². The molecular weight excluding hydrogens is 309 g/mol. The van der Waals surface area contributed by atoms with Gasteiger partial charge >= 0.3 is 0 Å². The Balaban J connectivity index is 1.97. The summed E-state index contributed by atoms with van der Waals surface area (Å²) in [6, 6.07) is 11.7. The number of benzene rings is 2. The highest BCUT2D eigenvalue weighted by atomic mass is 19.1. The summed E-state index contributed by atoms with van der Waals surface area (Å²) in [6.45, 7) is 1.88. The minimum atomic E-state index is -0.282. The van der Waals surface area contributed by atoms with E-state index in [1.807, 2.05) is 19.1 Å². The van der Waals surface area contributed by atoms with Crippen molar-refractivity contribution in [2.45, 2.75) is 25.8 Å². The zero-order valence-electron chi connectivity index (χ0n) is 14.1. The molecule has 0 radical (unpaired) electrons. The van der Waals surface area contributed by atoms with Crippen molar-refractivity contribution in [2.75, 3.05) is 14.2 Å². The molecule has 0 spiro atoms. The molecule has 0 bridgehead atoms. The molecule has 0 aliphatic carbocycles. The van der Waals surface area contributed by atoms with Gasteiger partial charge in [0.1, 0.15) is 17.3 Å². The zero-order chi connectivity index (χ0) is 17.5. The van der Waals surface area contributed by atoms with Crippen LogP contribution in [0, 0.1) is 5.82 Å². The van der Waals surface area contributed by atoms with Crippen LogP contribution in [-0.2, 0) is 11.2 Å². The number of methoxy groups -OCH3 is 2. The van der Waals surface area contributed by atoms with E-state index in [0.29, 0.717) is 23.5 Å². The molecule has 128 valence electrons. The van der Waals surface area contributed by atoms with E-state index >= 15 is 0 Å². The highest BCUT2D eigenvalue weighted by Crippen LogP contribution is 2.29. The van der Waals surface area contributed by atoms with Crippen LogP contribution >= 0.6 is 0 Å². The van der Waals surface area contributed by atoms with Gasteiger partial charge in [-0.25, -0.2) is 4.39 Å². The number of carbonyl (C=O) groups is 1. The maximum atomic E-state index is 13.6. The van der Waals surface area contributed by atoms with Gasteiger partial charge in [-0.2, -0.15) is 0 Å². The van der Waals surface area contributed by atoms with E-state index in [1.54, 1.807) is 38.5 Å². The number of halogens is 1. The summed E-state index contributed by atoms with van der Waals surface area (Å²) in [7, 11) is 3.16. The lowest BCUT2D eigenvalue weighted by atomic mass is 10.1. The van der Waals surface area contributed by atoms with Crippen LogP contribution in [0.5, 0.6) is 11.5 Å². The van der Waals surface area contributed by atoms with Crippen molar-refractivity contribution in [1.29, 1.82) is 0 Å². The van der Waals surface area contributed by atoms with E-state index in [4.69, 9.17) is 9.47 Å². The summed E-state index contributed by atoms with van der Waals surface area (Å²) in [5.74, 6) is 0.920.